The van der Waals surface area contributed by atoms with Gasteiger partial charge in [-0.05, 0) is 37.3 Å². The molecule has 1 heterocycles. The molecule has 0 radical (unpaired) electrons. The second-order valence-corrected chi connectivity index (χ2v) is 6.99. The Kier molecular flexibility index (Phi) is 6.01. The van der Waals surface area contributed by atoms with E-state index in [-0.39, 0.29) is 16.5 Å². The van der Waals surface area contributed by atoms with Gasteiger partial charge in [-0.3, -0.25) is 10.1 Å². The van der Waals surface area contributed by atoms with Gasteiger partial charge in [-0.25, -0.2) is 14.2 Å². The van der Waals surface area contributed by atoms with Crippen LogP contribution in [0.25, 0.3) is 0 Å². The Bertz CT molecular complexity index is 1080. The van der Waals surface area contributed by atoms with E-state index in [2.05, 4.69) is 20.9 Å². The molecule has 3 rings (SSSR count). The van der Waals surface area contributed by atoms with E-state index in [1.807, 2.05) is 19.1 Å². The average Bonchev–Trinajstić information content (AvgIpc) is 3.13. The standard InChI is InChI=1S/C19H14F4N4O2S/c1-10-2-4-11(5-3-10)25-17(29)27-18-26-15(9-30-18)16(28)24-12-6-7-14(20)13(8-12)19(21,22)23/h2-9H,1H3,(H,24,28)(H2,25,26,27,29). The molecule has 0 aliphatic carbocycles. The smallest absolute Gasteiger partial charge is 0.321 e. The Hall–Kier alpha value is -3.47. The molecule has 11 heteroatoms. The molecule has 2 aromatic carbocycles. The van der Waals surface area contributed by atoms with Crippen LogP contribution in [0.1, 0.15) is 21.6 Å². The summed E-state index contributed by atoms with van der Waals surface area (Å²) in [4.78, 5) is 28.1. The van der Waals surface area contributed by atoms with Gasteiger partial charge in [0.1, 0.15) is 11.5 Å². The molecule has 3 N–H and O–H groups in total. The molecular weight excluding hydrogens is 424 g/mol. The fraction of sp³-hybridized carbons (Fsp3) is 0.105. The van der Waals surface area contributed by atoms with Gasteiger partial charge in [-0.2, -0.15) is 13.2 Å². The number of hydrogen-bond acceptors (Lipinski definition) is 4. The first-order chi connectivity index (χ1) is 14.1. The van der Waals surface area contributed by atoms with Gasteiger partial charge in [0, 0.05) is 16.8 Å². The quantitative estimate of drug-likeness (QED) is 0.470. The fourth-order valence-corrected chi connectivity index (χ4v) is 3.03. The summed E-state index contributed by atoms with van der Waals surface area (Å²) in [5.41, 5.74) is -0.268. The van der Waals surface area contributed by atoms with E-state index < -0.39 is 29.5 Å². The lowest BCUT2D eigenvalue weighted by Gasteiger charge is -2.10. The van der Waals surface area contributed by atoms with Crippen molar-refractivity contribution in [3.05, 3.63) is 70.5 Å². The number of hydrogen-bond donors (Lipinski definition) is 3. The van der Waals surface area contributed by atoms with E-state index in [1.54, 1.807) is 12.1 Å². The molecule has 0 aliphatic heterocycles. The lowest BCUT2D eigenvalue weighted by molar-refractivity contribution is -0.139. The normalized spacial score (nSPS) is 11.1. The Morgan fingerprint density at radius 3 is 2.30 bits per heavy atom. The number of nitrogens with one attached hydrogen (secondary N) is 3. The maximum absolute atomic E-state index is 13.3. The van der Waals surface area contributed by atoms with Crippen LogP contribution in [-0.4, -0.2) is 16.9 Å². The number of nitrogens with zero attached hydrogens (tertiary/aromatic N) is 1. The summed E-state index contributed by atoms with van der Waals surface area (Å²) < 4.78 is 51.7. The largest absolute Gasteiger partial charge is 0.419 e. The first kappa shape index (κ1) is 21.2. The zero-order valence-electron chi connectivity index (χ0n) is 15.3. The average molecular weight is 438 g/mol. The van der Waals surface area contributed by atoms with Crippen LogP contribution in [0.4, 0.5) is 38.9 Å². The van der Waals surface area contributed by atoms with Crippen LogP contribution in [-0.2, 0) is 6.18 Å². The van der Waals surface area contributed by atoms with Crippen LogP contribution >= 0.6 is 11.3 Å². The minimum Gasteiger partial charge on any atom is -0.321 e. The molecule has 3 aromatic rings. The summed E-state index contributed by atoms with van der Waals surface area (Å²) in [5, 5.41) is 8.71. The number of rotatable bonds is 4. The fourth-order valence-electron chi connectivity index (χ4n) is 2.35. The van der Waals surface area contributed by atoms with Gasteiger partial charge >= 0.3 is 12.2 Å². The molecule has 0 spiro atoms. The van der Waals surface area contributed by atoms with E-state index >= 15 is 0 Å². The monoisotopic (exact) mass is 438 g/mol. The van der Waals surface area contributed by atoms with E-state index in [4.69, 9.17) is 0 Å². The summed E-state index contributed by atoms with van der Waals surface area (Å²) in [7, 11) is 0. The van der Waals surface area contributed by atoms with Crippen molar-refractivity contribution in [2.45, 2.75) is 13.1 Å². The number of benzene rings is 2. The molecule has 0 aliphatic rings. The number of aryl methyl sites for hydroxylation is 1. The van der Waals surface area contributed by atoms with Crippen molar-refractivity contribution in [3.8, 4) is 0 Å². The van der Waals surface area contributed by atoms with E-state index in [0.29, 0.717) is 17.8 Å². The topological polar surface area (TPSA) is 83.1 Å². The van der Waals surface area contributed by atoms with Crippen LogP contribution in [0.3, 0.4) is 0 Å². The molecule has 156 valence electrons. The van der Waals surface area contributed by atoms with E-state index in [9.17, 15) is 27.2 Å². The number of alkyl halides is 3. The third-order valence-electron chi connectivity index (χ3n) is 3.80. The van der Waals surface area contributed by atoms with Crippen LogP contribution in [0.2, 0.25) is 0 Å². The van der Waals surface area contributed by atoms with Gasteiger partial charge in [0.05, 0.1) is 5.56 Å². The van der Waals surface area contributed by atoms with Crippen LogP contribution in [0.5, 0.6) is 0 Å². The van der Waals surface area contributed by atoms with Crippen molar-refractivity contribution in [2.24, 2.45) is 0 Å². The lowest BCUT2D eigenvalue weighted by atomic mass is 10.2. The number of carbonyl (C=O) groups excluding carboxylic acids is 2. The van der Waals surface area contributed by atoms with Crippen molar-refractivity contribution in [3.63, 3.8) is 0 Å². The van der Waals surface area contributed by atoms with Crippen LogP contribution in [0.15, 0.2) is 47.8 Å². The predicted molar refractivity (Wildman–Crippen MR) is 105 cm³/mol. The molecule has 30 heavy (non-hydrogen) atoms. The van der Waals surface area contributed by atoms with Crippen molar-refractivity contribution in [1.82, 2.24) is 4.98 Å². The highest BCUT2D eigenvalue weighted by Crippen LogP contribution is 2.33. The maximum Gasteiger partial charge on any atom is 0.419 e. The Labute approximate surface area is 172 Å². The number of carbonyl (C=O) groups is 2. The second-order valence-electron chi connectivity index (χ2n) is 6.13. The van der Waals surface area contributed by atoms with Gasteiger partial charge in [-0.1, -0.05) is 17.7 Å². The molecule has 0 saturated carbocycles. The van der Waals surface area contributed by atoms with Gasteiger partial charge in [0.2, 0.25) is 0 Å². The van der Waals surface area contributed by atoms with Crippen molar-refractivity contribution < 1.29 is 27.2 Å². The first-order valence-electron chi connectivity index (χ1n) is 8.40. The summed E-state index contributed by atoms with van der Waals surface area (Å²) >= 11 is 0.956. The minimum atomic E-state index is -4.90. The first-order valence-corrected chi connectivity index (χ1v) is 9.28. The number of urea groups is 1. The zero-order valence-corrected chi connectivity index (χ0v) is 16.1. The summed E-state index contributed by atoms with van der Waals surface area (Å²) in [6, 6.07) is 8.61. The Morgan fingerprint density at radius 1 is 0.967 bits per heavy atom. The lowest BCUT2D eigenvalue weighted by Crippen LogP contribution is -2.19. The molecule has 6 nitrogen and oxygen atoms in total. The van der Waals surface area contributed by atoms with Crippen LogP contribution in [0, 0.1) is 12.7 Å². The zero-order chi connectivity index (χ0) is 21.9. The number of thiazole rings is 1. The van der Waals surface area contributed by atoms with Crippen molar-refractivity contribution >= 4 is 39.8 Å². The summed E-state index contributed by atoms with van der Waals surface area (Å²) in [5.74, 6) is -2.25. The highest BCUT2D eigenvalue weighted by Gasteiger charge is 2.34. The minimum absolute atomic E-state index is 0.111. The molecule has 0 unspecified atom stereocenters. The number of anilines is 3. The number of amides is 3. The SMILES string of the molecule is Cc1ccc(NC(=O)Nc2nc(C(=O)Nc3ccc(F)c(C(F)(F)F)c3)cs2)cc1. The summed E-state index contributed by atoms with van der Waals surface area (Å²) in [6.45, 7) is 1.90. The third-order valence-corrected chi connectivity index (χ3v) is 4.55. The van der Waals surface area contributed by atoms with Crippen molar-refractivity contribution in [1.29, 1.82) is 0 Å². The molecule has 0 saturated heterocycles. The summed E-state index contributed by atoms with van der Waals surface area (Å²) in [6.07, 6.45) is -4.90. The maximum atomic E-state index is 13.3. The molecule has 0 bridgehead atoms. The molecule has 0 fully saturated rings. The molecular formula is C19H14F4N4O2S. The second kappa shape index (κ2) is 8.49. The van der Waals surface area contributed by atoms with E-state index in [1.165, 1.54) is 5.38 Å². The third kappa shape index (κ3) is 5.32. The number of aromatic nitrogens is 1. The van der Waals surface area contributed by atoms with Crippen molar-refractivity contribution in [2.75, 3.05) is 16.0 Å². The molecule has 1 aromatic heterocycles. The Morgan fingerprint density at radius 2 is 1.63 bits per heavy atom. The van der Waals surface area contributed by atoms with Gasteiger partial charge in [0.25, 0.3) is 5.91 Å². The molecule has 0 atom stereocenters. The highest BCUT2D eigenvalue weighted by atomic mass is 32.1. The van der Waals surface area contributed by atoms with E-state index in [0.717, 1.165) is 23.0 Å². The highest BCUT2D eigenvalue weighted by molar-refractivity contribution is 7.14. The predicted octanol–water partition coefficient (Wildman–Crippen LogP) is 5.51. The van der Waals surface area contributed by atoms with Gasteiger partial charge in [0.15, 0.2) is 5.13 Å². The van der Waals surface area contributed by atoms with Gasteiger partial charge < -0.3 is 10.6 Å². The Balaban J connectivity index is 1.63. The van der Waals surface area contributed by atoms with Crippen LogP contribution < -0.4 is 16.0 Å². The molecule has 3 amide bonds. The van der Waals surface area contributed by atoms with Gasteiger partial charge in [-0.15, -0.1) is 11.3 Å². The number of halogens is 4.